The van der Waals surface area contributed by atoms with Crippen molar-refractivity contribution in [2.24, 2.45) is 7.05 Å². The SMILES string of the molecule is Cc1nn(C)c(C)c1CCC(=O)NCc1nc2ccccc2c(=O)[nH]1. The van der Waals surface area contributed by atoms with Gasteiger partial charge in [-0.3, -0.25) is 14.3 Å². The number of fused-ring (bicyclic) bond motifs is 1. The number of para-hydroxylation sites is 1. The van der Waals surface area contributed by atoms with E-state index in [-0.39, 0.29) is 18.0 Å². The fourth-order valence-corrected chi connectivity index (χ4v) is 2.91. The minimum atomic E-state index is -0.198. The van der Waals surface area contributed by atoms with Gasteiger partial charge >= 0.3 is 0 Å². The lowest BCUT2D eigenvalue weighted by atomic mass is 10.1. The second-order valence-corrected chi connectivity index (χ2v) is 6.08. The molecule has 7 heteroatoms. The first-order chi connectivity index (χ1) is 12.0. The van der Waals surface area contributed by atoms with Gasteiger partial charge in [-0.1, -0.05) is 12.1 Å². The van der Waals surface area contributed by atoms with Crippen LogP contribution in [0, 0.1) is 13.8 Å². The molecule has 0 spiro atoms. The average molecular weight is 339 g/mol. The second kappa shape index (κ2) is 6.88. The largest absolute Gasteiger partial charge is 0.349 e. The van der Waals surface area contributed by atoms with E-state index in [0.717, 1.165) is 17.0 Å². The molecule has 0 saturated carbocycles. The lowest BCUT2D eigenvalue weighted by Crippen LogP contribution is -2.25. The van der Waals surface area contributed by atoms with Crippen molar-refractivity contribution >= 4 is 16.8 Å². The van der Waals surface area contributed by atoms with E-state index in [9.17, 15) is 9.59 Å². The van der Waals surface area contributed by atoms with Gasteiger partial charge in [0.25, 0.3) is 5.56 Å². The first-order valence-corrected chi connectivity index (χ1v) is 8.19. The molecule has 2 N–H and O–H groups in total. The predicted molar refractivity (Wildman–Crippen MR) is 95.2 cm³/mol. The Morgan fingerprint density at radius 1 is 1.28 bits per heavy atom. The van der Waals surface area contributed by atoms with Crippen LogP contribution in [0.5, 0.6) is 0 Å². The molecule has 3 rings (SSSR count). The lowest BCUT2D eigenvalue weighted by molar-refractivity contribution is -0.121. The Morgan fingerprint density at radius 3 is 2.76 bits per heavy atom. The molecular weight excluding hydrogens is 318 g/mol. The monoisotopic (exact) mass is 339 g/mol. The van der Waals surface area contributed by atoms with Crippen molar-refractivity contribution in [3.63, 3.8) is 0 Å². The molecule has 0 aliphatic carbocycles. The van der Waals surface area contributed by atoms with E-state index in [4.69, 9.17) is 0 Å². The van der Waals surface area contributed by atoms with Crippen LogP contribution in [0.3, 0.4) is 0 Å². The summed E-state index contributed by atoms with van der Waals surface area (Å²) in [5, 5.41) is 7.71. The molecule has 7 nitrogen and oxygen atoms in total. The molecule has 2 heterocycles. The summed E-state index contributed by atoms with van der Waals surface area (Å²) < 4.78 is 1.83. The molecule has 0 atom stereocenters. The molecule has 0 fully saturated rings. The standard InChI is InChI=1S/C18H21N5O2/c1-11-13(12(2)23(3)22-11)8-9-17(24)19-10-16-20-15-7-5-4-6-14(15)18(25)21-16/h4-7H,8-10H2,1-3H3,(H,19,24)(H,20,21,25). The Hall–Kier alpha value is -2.96. The maximum atomic E-state index is 12.1. The number of nitrogens with zero attached hydrogens (tertiary/aromatic N) is 3. The van der Waals surface area contributed by atoms with Gasteiger partial charge in [-0.05, 0) is 38.0 Å². The van der Waals surface area contributed by atoms with Crippen molar-refractivity contribution in [3.8, 4) is 0 Å². The zero-order chi connectivity index (χ0) is 18.0. The topological polar surface area (TPSA) is 92.7 Å². The fraction of sp³-hybridized carbons (Fsp3) is 0.333. The maximum absolute atomic E-state index is 12.1. The Morgan fingerprint density at radius 2 is 2.04 bits per heavy atom. The third-order valence-corrected chi connectivity index (χ3v) is 4.38. The molecule has 2 aromatic heterocycles. The zero-order valence-electron chi connectivity index (χ0n) is 14.6. The van der Waals surface area contributed by atoms with E-state index in [1.807, 2.05) is 31.6 Å². The first kappa shape index (κ1) is 16.9. The Labute approximate surface area is 145 Å². The van der Waals surface area contributed by atoms with Crippen LogP contribution in [0.25, 0.3) is 10.9 Å². The normalized spacial score (nSPS) is 11.0. The number of aromatic nitrogens is 4. The molecule has 0 aliphatic heterocycles. The molecular formula is C18H21N5O2. The van der Waals surface area contributed by atoms with Crippen LogP contribution in [-0.4, -0.2) is 25.7 Å². The van der Waals surface area contributed by atoms with Crippen LogP contribution in [0.15, 0.2) is 29.1 Å². The molecule has 0 aliphatic rings. The van der Waals surface area contributed by atoms with E-state index in [0.29, 0.717) is 29.6 Å². The van der Waals surface area contributed by atoms with E-state index < -0.39 is 0 Å². The van der Waals surface area contributed by atoms with Gasteiger partial charge in [0.2, 0.25) is 5.91 Å². The van der Waals surface area contributed by atoms with Gasteiger partial charge in [-0.15, -0.1) is 0 Å². The van der Waals surface area contributed by atoms with Crippen LogP contribution in [0.4, 0.5) is 0 Å². The zero-order valence-corrected chi connectivity index (χ0v) is 14.6. The van der Waals surface area contributed by atoms with Crippen LogP contribution in [-0.2, 0) is 24.8 Å². The number of aryl methyl sites for hydroxylation is 2. The molecule has 0 bridgehead atoms. The third-order valence-electron chi connectivity index (χ3n) is 4.38. The number of H-pyrrole nitrogens is 1. The van der Waals surface area contributed by atoms with Crippen molar-refractivity contribution in [1.82, 2.24) is 25.1 Å². The van der Waals surface area contributed by atoms with E-state index in [1.54, 1.807) is 18.2 Å². The number of hydrogen-bond acceptors (Lipinski definition) is 4. The second-order valence-electron chi connectivity index (χ2n) is 6.08. The summed E-state index contributed by atoms with van der Waals surface area (Å²) in [7, 11) is 1.90. The van der Waals surface area contributed by atoms with Gasteiger partial charge in [0.1, 0.15) is 5.82 Å². The van der Waals surface area contributed by atoms with Crippen LogP contribution in [0.2, 0.25) is 0 Å². The van der Waals surface area contributed by atoms with Crippen LogP contribution < -0.4 is 10.9 Å². The summed E-state index contributed by atoms with van der Waals surface area (Å²) in [6.45, 7) is 4.14. The van der Waals surface area contributed by atoms with E-state index in [1.165, 1.54) is 0 Å². The van der Waals surface area contributed by atoms with Gasteiger partial charge in [-0.25, -0.2) is 4.98 Å². The van der Waals surface area contributed by atoms with Gasteiger partial charge in [0.05, 0.1) is 23.1 Å². The highest BCUT2D eigenvalue weighted by atomic mass is 16.1. The molecule has 3 aromatic rings. The highest BCUT2D eigenvalue weighted by Crippen LogP contribution is 2.14. The molecule has 0 unspecified atom stereocenters. The molecule has 0 radical (unpaired) electrons. The summed E-state index contributed by atoms with van der Waals surface area (Å²) in [4.78, 5) is 31.2. The van der Waals surface area contributed by atoms with Gasteiger partial charge in [0, 0.05) is 19.2 Å². The highest BCUT2D eigenvalue weighted by molar-refractivity contribution is 5.78. The van der Waals surface area contributed by atoms with Crippen LogP contribution in [0.1, 0.15) is 29.2 Å². The molecule has 1 aromatic carbocycles. The minimum absolute atomic E-state index is 0.0848. The van der Waals surface area contributed by atoms with Crippen LogP contribution >= 0.6 is 0 Å². The summed E-state index contributed by atoms with van der Waals surface area (Å²) >= 11 is 0. The third kappa shape index (κ3) is 3.60. The summed E-state index contributed by atoms with van der Waals surface area (Å²) in [5.41, 5.74) is 3.56. The predicted octanol–water partition coefficient (Wildman–Crippen LogP) is 1.52. The first-order valence-electron chi connectivity index (χ1n) is 8.19. The number of carbonyl (C=O) groups excluding carboxylic acids is 1. The summed E-state index contributed by atoms with van der Waals surface area (Å²) in [6, 6.07) is 7.13. The number of carbonyl (C=O) groups is 1. The van der Waals surface area contributed by atoms with E-state index in [2.05, 4.69) is 20.4 Å². The molecule has 25 heavy (non-hydrogen) atoms. The quantitative estimate of drug-likeness (QED) is 0.737. The van der Waals surface area contributed by atoms with Gasteiger partial charge < -0.3 is 10.3 Å². The smallest absolute Gasteiger partial charge is 0.258 e. The average Bonchev–Trinajstić information content (AvgIpc) is 2.83. The molecule has 130 valence electrons. The van der Waals surface area contributed by atoms with Crippen molar-refractivity contribution < 1.29 is 4.79 Å². The van der Waals surface area contributed by atoms with Crippen molar-refractivity contribution in [1.29, 1.82) is 0 Å². The number of nitrogens with one attached hydrogen (secondary N) is 2. The van der Waals surface area contributed by atoms with E-state index >= 15 is 0 Å². The lowest BCUT2D eigenvalue weighted by Gasteiger charge is -2.06. The number of amides is 1. The Kier molecular flexibility index (Phi) is 4.65. The van der Waals surface area contributed by atoms with Crippen molar-refractivity contribution in [3.05, 3.63) is 57.4 Å². The summed E-state index contributed by atoms with van der Waals surface area (Å²) in [6.07, 6.45) is 1.00. The summed E-state index contributed by atoms with van der Waals surface area (Å²) in [5.74, 6) is 0.365. The number of benzene rings is 1. The number of aromatic amines is 1. The minimum Gasteiger partial charge on any atom is -0.349 e. The number of rotatable bonds is 5. The Balaban J connectivity index is 1.62. The molecule has 0 saturated heterocycles. The van der Waals surface area contributed by atoms with Gasteiger partial charge in [-0.2, -0.15) is 5.10 Å². The van der Waals surface area contributed by atoms with Gasteiger partial charge in [0.15, 0.2) is 0 Å². The molecule has 1 amide bonds. The highest BCUT2D eigenvalue weighted by Gasteiger charge is 2.11. The number of hydrogen-bond donors (Lipinski definition) is 2. The maximum Gasteiger partial charge on any atom is 0.258 e. The van der Waals surface area contributed by atoms with Crippen molar-refractivity contribution in [2.75, 3.05) is 0 Å². The Bertz CT molecular complexity index is 987. The fourth-order valence-electron chi connectivity index (χ4n) is 2.91. The van der Waals surface area contributed by atoms with Crippen molar-refractivity contribution in [2.45, 2.75) is 33.2 Å².